The second-order valence-corrected chi connectivity index (χ2v) is 6.51. The van der Waals surface area contributed by atoms with Crippen LogP contribution in [0.1, 0.15) is 40.9 Å². The molecule has 0 saturated carbocycles. The molecule has 0 bridgehead atoms. The van der Waals surface area contributed by atoms with Crippen molar-refractivity contribution in [1.82, 2.24) is 9.88 Å². The molecule has 1 fully saturated rings. The average molecular weight is 412 g/mol. The van der Waals surface area contributed by atoms with E-state index in [1.807, 2.05) is 48.2 Å². The van der Waals surface area contributed by atoms with Crippen LogP contribution in [0.25, 0.3) is 0 Å². The van der Waals surface area contributed by atoms with Gasteiger partial charge in [0.2, 0.25) is 0 Å². The van der Waals surface area contributed by atoms with Crippen LogP contribution in [0, 0.1) is 6.92 Å². The molecule has 0 radical (unpaired) electrons. The molecule has 1 aliphatic heterocycles. The summed E-state index contributed by atoms with van der Waals surface area (Å²) in [6, 6.07) is 11.6. The fourth-order valence-electron chi connectivity index (χ4n) is 3.18. The lowest BCUT2D eigenvalue weighted by Gasteiger charge is -2.35. The highest BCUT2D eigenvalue weighted by Gasteiger charge is 2.26. The second-order valence-electron chi connectivity index (χ2n) is 6.51. The Morgan fingerprint density at radius 3 is 2.78 bits per heavy atom. The summed E-state index contributed by atoms with van der Waals surface area (Å²) < 4.78 is 5.76. The molecule has 7 heteroatoms. The van der Waals surface area contributed by atoms with Crippen molar-refractivity contribution in [1.29, 1.82) is 0 Å². The van der Waals surface area contributed by atoms with E-state index in [0.717, 1.165) is 42.8 Å². The maximum absolute atomic E-state index is 12.9. The third-order valence-electron chi connectivity index (χ3n) is 4.62. The first kappa shape index (κ1) is 23.2. The number of carbonyl (C=O) groups excluding carboxylic acids is 1. The standard InChI is InChI=1S/C20H25N3O2.2ClH/c1-15-8-9-19(13-22-15)25-14-16-5-4-6-17(11-16)20(24)23-10-3-2-7-18(23)12-21;;/h4-6,8-9,11,13,18H,2-3,7,10,12,14,21H2,1H3;2*1H. The van der Waals surface area contributed by atoms with Crippen LogP contribution in [-0.2, 0) is 6.61 Å². The number of likely N-dealkylation sites (tertiary alicyclic amines) is 1. The number of aromatic nitrogens is 1. The van der Waals surface area contributed by atoms with Gasteiger partial charge < -0.3 is 15.4 Å². The van der Waals surface area contributed by atoms with Gasteiger partial charge in [0.1, 0.15) is 12.4 Å². The number of carbonyl (C=O) groups is 1. The van der Waals surface area contributed by atoms with Gasteiger partial charge in [0.25, 0.3) is 5.91 Å². The smallest absolute Gasteiger partial charge is 0.254 e. The van der Waals surface area contributed by atoms with E-state index in [1.165, 1.54) is 0 Å². The van der Waals surface area contributed by atoms with Crippen LogP contribution in [0.2, 0.25) is 0 Å². The van der Waals surface area contributed by atoms with Crippen molar-refractivity contribution in [2.45, 2.75) is 38.8 Å². The van der Waals surface area contributed by atoms with Crippen LogP contribution in [0.3, 0.4) is 0 Å². The lowest BCUT2D eigenvalue weighted by Crippen LogP contribution is -2.47. The van der Waals surface area contributed by atoms with Gasteiger partial charge in [-0.3, -0.25) is 9.78 Å². The first-order valence-electron chi connectivity index (χ1n) is 8.83. The fourth-order valence-corrected chi connectivity index (χ4v) is 3.18. The van der Waals surface area contributed by atoms with Gasteiger partial charge in [-0.2, -0.15) is 0 Å². The van der Waals surface area contributed by atoms with Crippen LogP contribution in [-0.4, -0.2) is 34.9 Å². The largest absolute Gasteiger partial charge is 0.487 e. The predicted molar refractivity (Wildman–Crippen MR) is 112 cm³/mol. The van der Waals surface area contributed by atoms with Gasteiger partial charge in [-0.25, -0.2) is 0 Å². The topological polar surface area (TPSA) is 68.5 Å². The third kappa shape index (κ3) is 6.09. The molecular formula is C20H27Cl2N3O2. The quantitative estimate of drug-likeness (QED) is 0.812. The minimum absolute atomic E-state index is 0. The predicted octanol–water partition coefficient (Wildman–Crippen LogP) is 3.77. The van der Waals surface area contributed by atoms with Gasteiger partial charge in [-0.15, -0.1) is 24.8 Å². The van der Waals surface area contributed by atoms with Crippen LogP contribution >= 0.6 is 24.8 Å². The SMILES string of the molecule is Cc1ccc(OCc2cccc(C(=O)N3CCCCC3CN)c2)cn1.Cl.Cl. The molecule has 2 heterocycles. The maximum Gasteiger partial charge on any atom is 0.254 e. The number of amides is 1. The lowest BCUT2D eigenvalue weighted by molar-refractivity contribution is 0.0623. The Hall–Kier alpha value is -1.82. The Balaban J connectivity index is 0.00000182. The van der Waals surface area contributed by atoms with Crippen LogP contribution in [0.4, 0.5) is 0 Å². The molecule has 1 unspecified atom stereocenters. The van der Waals surface area contributed by atoms with E-state index < -0.39 is 0 Å². The number of nitrogens with two attached hydrogens (primary N) is 1. The van der Waals surface area contributed by atoms with Gasteiger partial charge in [-0.1, -0.05) is 12.1 Å². The summed E-state index contributed by atoms with van der Waals surface area (Å²) in [5.74, 6) is 0.788. The van der Waals surface area contributed by atoms with Crippen molar-refractivity contribution in [2.75, 3.05) is 13.1 Å². The van der Waals surface area contributed by atoms with Gasteiger partial charge in [-0.05, 0) is 56.0 Å². The van der Waals surface area contributed by atoms with Crippen LogP contribution in [0.5, 0.6) is 5.75 Å². The second kappa shape index (κ2) is 11.1. The molecular weight excluding hydrogens is 385 g/mol. The number of hydrogen-bond donors (Lipinski definition) is 1. The molecule has 0 spiro atoms. The molecule has 1 aromatic heterocycles. The van der Waals surface area contributed by atoms with Crippen molar-refractivity contribution in [3.8, 4) is 5.75 Å². The van der Waals surface area contributed by atoms with E-state index in [-0.39, 0.29) is 36.8 Å². The van der Waals surface area contributed by atoms with E-state index >= 15 is 0 Å². The number of halogens is 2. The molecule has 1 aromatic carbocycles. The van der Waals surface area contributed by atoms with Crippen molar-refractivity contribution >= 4 is 30.7 Å². The first-order chi connectivity index (χ1) is 12.2. The minimum Gasteiger partial charge on any atom is -0.487 e. The van der Waals surface area contributed by atoms with Gasteiger partial charge in [0.15, 0.2) is 0 Å². The summed E-state index contributed by atoms with van der Waals surface area (Å²) in [4.78, 5) is 19.0. The molecule has 1 saturated heterocycles. The molecule has 148 valence electrons. The molecule has 1 aliphatic rings. The Kier molecular flexibility index (Phi) is 9.56. The van der Waals surface area contributed by atoms with Crippen molar-refractivity contribution in [3.63, 3.8) is 0 Å². The Labute approximate surface area is 173 Å². The summed E-state index contributed by atoms with van der Waals surface area (Å²) in [6.07, 6.45) is 4.89. The highest BCUT2D eigenvalue weighted by Crippen LogP contribution is 2.20. The zero-order valence-corrected chi connectivity index (χ0v) is 17.1. The van der Waals surface area contributed by atoms with Crippen molar-refractivity contribution < 1.29 is 9.53 Å². The summed E-state index contributed by atoms with van der Waals surface area (Å²) in [7, 11) is 0. The van der Waals surface area contributed by atoms with Gasteiger partial charge >= 0.3 is 0 Å². The summed E-state index contributed by atoms with van der Waals surface area (Å²) >= 11 is 0. The highest BCUT2D eigenvalue weighted by molar-refractivity contribution is 5.94. The number of ether oxygens (including phenoxy) is 1. The highest BCUT2D eigenvalue weighted by atomic mass is 35.5. The van der Waals surface area contributed by atoms with E-state index in [0.29, 0.717) is 18.7 Å². The number of piperidine rings is 1. The maximum atomic E-state index is 12.9. The molecule has 1 amide bonds. The number of hydrogen-bond acceptors (Lipinski definition) is 4. The monoisotopic (exact) mass is 411 g/mol. The van der Waals surface area contributed by atoms with Gasteiger partial charge in [0.05, 0.1) is 6.20 Å². The van der Waals surface area contributed by atoms with Crippen LogP contribution in [0.15, 0.2) is 42.6 Å². The normalized spacial score (nSPS) is 16.1. The van der Waals surface area contributed by atoms with Crippen molar-refractivity contribution in [3.05, 3.63) is 59.4 Å². The number of rotatable bonds is 5. The number of nitrogens with zero attached hydrogens (tertiary/aromatic N) is 2. The Morgan fingerprint density at radius 1 is 1.26 bits per heavy atom. The minimum atomic E-state index is 0. The Bertz CT molecular complexity index is 725. The molecule has 0 aliphatic carbocycles. The molecule has 2 aromatic rings. The average Bonchev–Trinajstić information content (AvgIpc) is 2.67. The Morgan fingerprint density at radius 2 is 2.07 bits per heavy atom. The van der Waals surface area contributed by atoms with Crippen LogP contribution < -0.4 is 10.5 Å². The lowest BCUT2D eigenvalue weighted by atomic mass is 10.0. The fraction of sp³-hybridized carbons (Fsp3) is 0.400. The number of benzene rings is 1. The molecule has 2 N–H and O–H groups in total. The van der Waals surface area contributed by atoms with E-state index in [1.54, 1.807) is 6.20 Å². The summed E-state index contributed by atoms with van der Waals surface area (Å²) in [5.41, 5.74) is 8.46. The first-order valence-corrected chi connectivity index (χ1v) is 8.83. The summed E-state index contributed by atoms with van der Waals surface area (Å²) in [5, 5.41) is 0. The number of aryl methyl sites for hydroxylation is 1. The van der Waals surface area contributed by atoms with E-state index in [9.17, 15) is 4.79 Å². The molecule has 5 nitrogen and oxygen atoms in total. The van der Waals surface area contributed by atoms with Crippen molar-refractivity contribution in [2.24, 2.45) is 5.73 Å². The number of pyridine rings is 1. The summed E-state index contributed by atoms with van der Waals surface area (Å²) in [6.45, 7) is 3.66. The molecule has 3 rings (SSSR count). The van der Waals surface area contributed by atoms with Gasteiger partial charge in [0, 0.05) is 30.4 Å². The zero-order chi connectivity index (χ0) is 17.6. The third-order valence-corrected chi connectivity index (χ3v) is 4.62. The van der Waals surface area contributed by atoms with E-state index in [2.05, 4.69) is 4.98 Å². The zero-order valence-electron chi connectivity index (χ0n) is 15.5. The molecule has 1 atom stereocenters. The van der Waals surface area contributed by atoms with E-state index in [4.69, 9.17) is 10.5 Å². The molecule has 27 heavy (non-hydrogen) atoms.